The van der Waals surface area contributed by atoms with E-state index in [4.69, 9.17) is 4.74 Å². The number of rotatable bonds is 0. The van der Waals surface area contributed by atoms with Crippen LogP contribution in [0.3, 0.4) is 0 Å². The predicted octanol–water partition coefficient (Wildman–Crippen LogP) is 1.72. The predicted molar refractivity (Wildman–Crippen MR) is 82.6 cm³/mol. The average molecular weight is 289 g/mol. The molecule has 1 aromatic carbocycles. The maximum Gasteiger partial charge on any atom is 0.222 e. The number of fused-ring (bicyclic) bond motifs is 5. The normalized spacial score (nSPS) is 29.8. The molecule has 1 aromatic heterocycles. The van der Waals surface area contributed by atoms with E-state index >= 15 is 0 Å². The van der Waals surface area contributed by atoms with Gasteiger partial charge < -0.3 is 4.74 Å². The lowest BCUT2D eigenvalue weighted by atomic mass is 9.66. The number of aromatic nitrogens is 2. The fraction of sp³-hybridized carbons (Fsp3) is 0.188. The Bertz CT molecular complexity index is 874. The van der Waals surface area contributed by atoms with Crippen molar-refractivity contribution in [1.82, 2.24) is 9.97 Å². The second-order valence-corrected chi connectivity index (χ2v) is 5.55. The number of aliphatic imine (C=N–C) groups is 3. The van der Waals surface area contributed by atoms with Crippen LogP contribution in [0.1, 0.15) is 11.1 Å². The van der Waals surface area contributed by atoms with Gasteiger partial charge in [0.05, 0.1) is 24.0 Å². The van der Waals surface area contributed by atoms with Gasteiger partial charge in [-0.15, -0.1) is 0 Å². The van der Waals surface area contributed by atoms with E-state index in [1.165, 1.54) is 6.33 Å². The molecule has 2 aromatic rings. The van der Waals surface area contributed by atoms with Crippen LogP contribution in [-0.4, -0.2) is 40.9 Å². The average Bonchev–Trinajstić information content (AvgIpc) is 3.08. The van der Waals surface area contributed by atoms with Crippen LogP contribution in [0.25, 0.3) is 0 Å². The van der Waals surface area contributed by atoms with Crippen LogP contribution in [0, 0.1) is 0 Å². The SMILES string of the molecule is C1=NC=NCC12Oc1ncncc1C21C=Nc2ccccc21. The van der Waals surface area contributed by atoms with E-state index in [-0.39, 0.29) is 0 Å². The molecule has 3 aliphatic rings. The Labute approximate surface area is 126 Å². The third kappa shape index (κ3) is 1.19. The van der Waals surface area contributed by atoms with Crippen LogP contribution in [0.4, 0.5) is 5.69 Å². The Morgan fingerprint density at radius 2 is 2.05 bits per heavy atom. The molecule has 0 radical (unpaired) electrons. The number of nitrogens with zero attached hydrogens (tertiary/aromatic N) is 5. The maximum absolute atomic E-state index is 6.22. The van der Waals surface area contributed by atoms with E-state index in [9.17, 15) is 0 Å². The number of ether oxygens (including phenoxy) is 1. The minimum atomic E-state index is -0.740. The topological polar surface area (TPSA) is 72.1 Å². The van der Waals surface area contributed by atoms with Gasteiger partial charge in [-0.2, -0.15) is 0 Å². The van der Waals surface area contributed by atoms with Crippen molar-refractivity contribution in [3.63, 3.8) is 0 Å². The van der Waals surface area contributed by atoms with Crippen molar-refractivity contribution in [2.24, 2.45) is 15.0 Å². The summed E-state index contributed by atoms with van der Waals surface area (Å²) in [5, 5.41) is 0. The lowest BCUT2D eigenvalue weighted by Crippen LogP contribution is -2.57. The molecule has 0 fully saturated rings. The quantitative estimate of drug-likeness (QED) is 0.741. The van der Waals surface area contributed by atoms with Crippen molar-refractivity contribution < 1.29 is 4.74 Å². The van der Waals surface area contributed by atoms with Gasteiger partial charge in [-0.05, 0) is 11.6 Å². The van der Waals surface area contributed by atoms with E-state index in [1.54, 1.807) is 12.5 Å². The van der Waals surface area contributed by atoms with E-state index in [0.717, 1.165) is 16.8 Å². The molecular weight excluding hydrogens is 278 g/mol. The number of benzene rings is 1. The van der Waals surface area contributed by atoms with Gasteiger partial charge in [-0.3, -0.25) is 9.98 Å². The molecule has 0 amide bonds. The lowest BCUT2D eigenvalue weighted by molar-refractivity contribution is 0.145. The molecule has 0 saturated carbocycles. The van der Waals surface area contributed by atoms with Crippen molar-refractivity contribution >= 4 is 24.5 Å². The molecule has 6 nitrogen and oxygen atoms in total. The van der Waals surface area contributed by atoms with Crippen molar-refractivity contribution in [2.45, 2.75) is 11.0 Å². The van der Waals surface area contributed by atoms with Gasteiger partial charge >= 0.3 is 0 Å². The van der Waals surface area contributed by atoms with Gasteiger partial charge in [0, 0.05) is 12.4 Å². The summed E-state index contributed by atoms with van der Waals surface area (Å²) in [6, 6.07) is 8.06. The van der Waals surface area contributed by atoms with Gasteiger partial charge in [-0.1, -0.05) is 18.2 Å². The molecule has 2 atom stereocenters. The fourth-order valence-electron chi connectivity index (χ4n) is 3.56. The minimum absolute atomic E-state index is 0.465. The first-order valence-corrected chi connectivity index (χ1v) is 7.03. The highest BCUT2D eigenvalue weighted by molar-refractivity contribution is 6.00. The molecule has 0 bridgehead atoms. The van der Waals surface area contributed by atoms with Crippen molar-refractivity contribution in [3.05, 3.63) is 47.9 Å². The molecular formula is C16H11N5O. The van der Waals surface area contributed by atoms with Gasteiger partial charge in [0.1, 0.15) is 18.1 Å². The second-order valence-electron chi connectivity index (χ2n) is 5.55. The summed E-state index contributed by atoms with van der Waals surface area (Å²) in [5.41, 5.74) is 1.60. The Balaban J connectivity index is 1.87. The van der Waals surface area contributed by atoms with E-state index < -0.39 is 11.0 Å². The monoisotopic (exact) mass is 289 g/mol. The van der Waals surface area contributed by atoms with E-state index in [1.807, 2.05) is 30.6 Å². The zero-order valence-corrected chi connectivity index (χ0v) is 11.5. The zero-order chi connectivity index (χ0) is 14.6. The second kappa shape index (κ2) is 3.85. The standard InChI is InChI=1S/C16H11N5O/c1-2-4-13-11(3-1)16(8-20-13)12-5-17-10-21-14(12)22-15(16)6-18-9-19-7-15/h1-6,8-10H,7H2. The summed E-state index contributed by atoms with van der Waals surface area (Å²) < 4.78 is 6.22. The van der Waals surface area contributed by atoms with Gasteiger partial charge in [0.25, 0.3) is 0 Å². The smallest absolute Gasteiger partial charge is 0.222 e. The minimum Gasteiger partial charge on any atom is -0.461 e. The Hall–Kier alpha value is -2.89. The molecule has 0 saturated heterocycles. The van der Waals surface area contributed by atoms with Crippen LogP contribution in [0.15, 0.2) is 51.8 Å². The molecule has 3 aliphatic heterocycles. The van der Waals surface area contributed by atoms with E-state index in [2.05, 4.69) is 31.0 Å². The van der Waals surface area contributed by atoms with Gasteiger partial charge in [-0.25, -0.2) is 15.0 Å². The Morgan fingerprint density at radius 1 is 1.09 bits per heavy atom. The van der Waals surface area contributed by atoms with Crippen LogP contribution < -0.4 is 4.74 Å². The maximum atomic E-state index is 6.22. The van der Waals surface area contributed by atoms with Gasteiger partial charge in [0.15, 0.2) is 5.60 Å². The van der Waals surface area contributed by atoms with Crippen molar-refractivity contribution in [1.29, 1.82) is 0 Å². The lowest BCUT2D eigenvalue weighted by Gasteiger charge is -2.37. The molecule has 2 spiro atoms. The highest BCUT2D eigenvalue weighted by Gasteiger charge is 2.63. The summed E-state index contributed by atoms with van der Waals surface area (Å²) in [6.07, 6.45) is 8.59. The molecule has 0 N–H and O–H groups in total. The highest BCUT2D eigenvalue weighted by atomic mass is 16.5. The largest absolute Gasteiger partial charge is 0.461 e. The molecule has 0 aliphatic carbocycles. The molecule has 4 heterocycles. The zero-order valence-electron chi connectivity index (χ0n) is 11.5. The summed E-state index contributed by atoms with van der Waals surface area (Å²) in [6.45, 7) is 0.465. The first-order chi connectivity index (χ1) is 10.9. The first kappa shape index (κ1) is 11.7. The Kier molecular flexibility index (Phi) is 2.05. The number of hydrogen-bond acceptors (Lipinski definition) is 6. The molecule has 5 rings (SSSR count). The molecule has 2 unspecified atom stereocenters. The fourth-order valence-corrected chi connectivity index (χ4v) is 3.56. The first-order valence-electron chi connectivity index (χ1n) is 7.03. The molecule has 22 heavy (non-hydrogen) atoms. The van der Waals surface area contributed by atoms with Crippen LogP contribution in [0.2, 0.25) is 0 Å². The van der Waals surface area contributed by atoms with Crippen molar-refractivity contribution in [3.8, 4) is 5.88 Å². The van der Waals surface area contributed by atoms with E-state index in [0.29, 0.717) is 12.4 Å². The summed E-state index contributed by atoms with van der Waals surface area (Å²) in [7, 11) is 0. The third-order valence-electron chi connectivity index (χ3n) is 4.53. The summed E-state index contributed by atoms with van der Waals surface area (Å²) in [5.74, 6) is 0.571. The highest BCUT2D eigenvalue weighted by Crippen LogP contribution is 2.55. The van der Waals surface area contributed by atoms with Crippen LogP contribution in [-0.2, 0) is 5.41 Å². The third-order valence-corrected chi connectivity index (χ3v) is 4.53. The van der Waals surface area contributed by atoms with Crippen LogP contribution in [0.5, 0.6) is 5.88 Å². The van der Waals surface area contributed by atoms with Crippen LogP contribution >= 0.6 is 0 Å². The summed E-state index contributed by atoms with van der Waals surface area (Å²) in [4.78, 5) is 21.7. The molecule has 6 heteroatoms. The van der Waals surface area contributed by atoms with Gasteiger partial charge in [0.2, 0.25) is 5.88 Å². The summed E-state index contributed by atoms with van der Waals surface area (Å²) >= 11 is 0. The number of para-hydroxylation sites is 1. The number of hydrogen-bond donors (Lipinski definition) is 0. The van der Waals surface area contributed by atoms with Crippen molar-refractivity contribution in [2.75, 3.05) is 6.54 Å². The molecule has 106 valence electrons. The Morgan fingerprint density at radius 3 is 2.95 bits per heavy atom.